The molecule has 0 amide bonds. The molecule has 0 unspecified atom stereocenters. The Hall–Kier alpha value is -2.32. The number of phenolic OH excluding ortho intramolecular Hbond substituents is 2. The topological polar surface area (TPSA) is 95.3 Å². The summed E-state index contributed by atoms with van der Waals surface area (Å²) in [5, 5.41) is 20.5. The molecule has 0 bridgehead atoms. The van der Waals surface area contributed by atoms with E-state index in [1.807, 2.05) is 0 Å². The van der Waals surface area contributed by atoms with Crippen molar-refractivity contribution in [1.29, 1.82) is 0 Å². The Labute approximate surface area is 222 Å². The normalized spacial score (nSPS) is 11.1. The molecule has 0 saturated carbocycles. The summed E-state index contributed by atoms with van der Waals surface area (Å²) in [5.41, 5.74) is -0.606. The van der Waals surface area contributed by atoms with Gasteiger partial charge in [-0.1, -0.05) is 69.6 Å². The first-order valence-corrected chi connectivity index (χ1v) is 11.5. The zero-order valence-corrected chi connectivity index (χ0v) is 21.0. The Balaban J connectivity index is 1.95. The fourth-order valence-electron chi connectivity index (χ4n) is 3.32. The number of halogens is 6. The summed E-state index contributed by atoms with van der Waals surface area (Å²) in [4.78, 5) is 29.3. The molecule has 6 nitrogen and oxygen atoms in total. The van der Waals surface area contributed by atoms with Gasteiger partial charge in [0.25, 0.3) is 0 Å². The van der Waals surface area contributed by atoms with Crippen LogP contribution in [-0.4, -0.2) is 31.3 Å². The van der Waals surface area contributed by atoms with E-state index in [1.165, 1.54) is 42.5 Å². The van der Waals surface area contributed by atoms with Crippen LogP contribution in [0.1, 0.15) is 32.1 Å². The Bertz CT molecular complexity index is 1380. The molecular weight excluding hydrogens is 569 g/mol. The smallest absolute Gasteiger partial charge is 0.215 e. The number of benzene rings is 2. The minimum absolute atomic E-state index is 0.0281. The number of carbonyl (C=O) groups is 2. The van der Waals surface area contributed by atoms with Gasteiger partial charge in [0.2, 0.25) is 11.6 Å². The zero-order chi connectivity index (χ0) is 24.9. The van der Waals surface area contributed by atoms with Crippen LogP contribution in [-0.2, 0) is 0 Å². The number of hydrogen-bond acceptors (Lipinski definition) is 4. The van der Waals surface area contributed by atoms with Gasteiger partial charge < -0.3 is 15.2 Å². The van der Waals surface area contributed by atoms with Crippen molar-refractivity contribution in [3.63, 3.8) is 0 Å². The van der Waals surface area contributed by atoms with E-state index in [0.717, 1.165) is 4.57 Å². The summed E-state index contributed by atoms with van der Waals surface area (Å²) in [6, 6.07) is 9.12. The lowest BCUT2D eigenvalue weighted by Gasteiger charge is -2.13. The molecular formula is C22H10Cl6N2O4. The predicted molar refractivity (Wildman–Crippen MR) is 133 cm³/mol. The van der Waals surface area contributed by atoms with Crippen LogP contribution in [0, 0.1) is 0 Å². The summed E-state index contributed by atoms with van der Waals surface area (Å²) in [6.45, 7) is 0. The Kier molecular flexibility index (Phi) is 6.84. The number of hydrogen-bond donors (Lipinski definition) is 3. The number of aromatic nitrogens is 2. The maximum Gasteiger partial charge on any atom is 0.215 e. The van der Waals surface area contributed by atoms with Crippen LogP contribution in [0.5, 0.6) is 11.5 Å². The van der Waals surface area contributed by atoms with E-state index in [-0.39, 0.29) is 70.1 Å². The average molecular weight is 579 g/mol. The van der Waals surface area contributed by atoms with Crippen molar-refractivity contribution >= 4 is 81.2 Å². The summed E-state index contributed by atoms with van der Waals surface area (Å²) < 4.78 is 1.13. The molecule has 3 N–H and O–H groups in total. The van der Waals surface area contributed by atoms with Crippen molar-refractivity contribution in [2.24, 2.45) is 0 Å². The van der Waals surface area contributed by atoms with E-state index in [9.17, 15) is 19.8 Å². The van der Waals surface area contributed by atoms with Crippen LogP contribution < -0.4 is 0 Å². The molecule has 4 rings (SSSR count). The summed E-state index contributed by atoms with van der Waals surface area (Å²) in [7, 11) is 0. The monoisotopic (exact) mass is 576 g/mol. The molecule has 4 aromatic rings. The molecule has 12 heteroatoms. The SMILES string of the molecule is O=C(c1ccc(Cl)cc1O)c1[nH]c(Cl)c(Cl)c1-n1c(C(=O)c2ccc(Cl)cc2O)cc(Cl)c1Cl. The van der Waals surface area contributed by atoms with Crippen LogP contribution in [0.3, 0.4) is 0 Å². The first-order chi connectivity index (χ1) is 16.0. The number of nitrogens with zero attached hydrogens (tertiary/aromatic N) is 1. The molecule has 2 heterocycles. The Morgan fingerprint density at radius 1 is 0.765 bits per heavy atom. The number of ketones is 2. The van der Waals surface area contributed by atoms with Crippen molar-refractivity contribution in [2.75, 3.05) is 0 Å². The first kappa shape index (κ1) is 24.8. The highest BCUT2D eigenvalue weighted by molar-refractivity contribution is 6.45. The molecule has 0 aliphatic carbocycles. The van der Waals surface area contributed by atoms with Gasteiger partial charge in [-0.25, -0.2) is 0 Å². The summed E-state index contributed by atoms with van der Waals surface area (Å²) in [6.07, 6.45) is 0. The lowest BCUT2D eigenvalue weighted by molar-refractivity contribution is 0.101. The number of aromatic hydroxyl groups is 2. The molecule has 2 aromatic carbocycles. The largest absolute Gasteiger partial charge is 0.507 e. The Morgan fingerprint density at radius 3 is 1.82 bits per heavy atom. The number of aromatic amines is 1. The van der Waals surface area contributed by atoms with Crippen LogP contribution in [0.15, 0.2) is 42.5 Å². The highest BCUT2D eigenvalue weighted by Gasteiger charge is 2.30. The molecule has 0 radical (unpaired) electrons. The zero-order valence-electron chi connectivity index (χ0n) is 16.5. The third-order valence-corrected chi connectivity index (χ3v) is 6.84. The van der Waals surface area contributed by atoms with Crippen LogP contribution in [0.2, 0.25) is 30.4 Å². The van der Waals surface area contributed by atoms with Crippen molar-refractivity contribution in [2.45, 2.75) is 0 Å². The van der Waals surface area contributed by atoms with Crippen LogP contribution in [0.4, 0.5) is 0 Å². The van der Waals surface area contributed by atoms with Gasteiger partial charge in [-0.15, -0.1) is 0 Å². The average Bonchev–Trinajstić information content (AvgIpc) is 3.22. The molecule has 0 spiro atoms. The fourth-order valence-corrected chi connectivity index (χ4v) is 4.48. The third kappa shape index (κ3) is 4.26. The lowest BCUT2D eigenvalue weighted by atomic mass is 10.1. The quantitative estimate of drug-likeness (QED) is 0.212. The van der Waals surface area contributed by atoms with E-state index < -0.39 is 11.6 Å². The molecule has 174 valence electrons. The van der Waals surface area contributed by atoms with Gasteiger partial charge in [0.05, 0.1) is 27.5 Å². The van der Waals surface area contributed by atoms with E-state index in [1.54, 1.807) is 0 Å². The van der Waals surface area contributed by atoms with Gasteiger partial charge >= 0.3 is 0 Å². The van der Waals surface area contributed by atoms with Crippen molar-refractivity contribution in [1.82, 2.24) is 9.55 Å². The second kappa shape index (κ2) is 9.38. The molecule has 34 heavy (non-hydrogen) atoms. The predicted octanol–water partition coefficient (Wildman–Crippen LogP) is 7.60. The molecule has 0 aliphatic heterocycles. The first-order valence-electron chi connectivity index (χ1n) is 9.21. The maximum absolute atomic E-state index is 13.3. The molecule has 0 atom stereocenters. The number of nitrogens with one attached hydrogen (secondary N) is 1. The van der Waals surface area contributed by atoms with Gasteiger partial charge in [-0.2, -0.15) is 0 Å². The minimum Gasteiger partial charge on any atom is -0.507 e. The van der Waals surface area contributed by atoms with E-state index in [4.69, 9.17) is 69.6 Å². The van der Waals surface area contributed by atoms with Gasteiger partial charge in [-0.3, -0.25) is 14.2 Å². The molecule has 0 aliphatic rings. The van der Waals surface area contributed by atoms with Crippen LogP contribution >= 0.6 is 69.6 Å². The lowest BCUT2D eigenvalue weighted by Crippen LogP contribution is -2.13. The molecule has 0 saturated heterocycles. The van der Waals surface area contributed by atoms with Crippen molar-refractivity contribution in [3.8, 4) is 17.2 Å². The minimum atomic E-state index is -0.716. The number of carbonyl (C=O) groups excluding carboxylic acids is 2. The van der Waals surface area contributed by atoms with Crippen molar-refractivity contribution < 1.29 is 19.8 Å². The maximum atomic E-state index is 13.3. The third-order valence-electron chi connectivity index (χ3n) is 4.86. The Morgan fingerprint density at radius 2 is 1.29 bits per heavy atom. The molecule has 2 aromatic heterocycles. The summed E-state index contributed by atoms with van der Waals surface area (Å²) in [5.74, 6) is -2.17. The van der Waals surface area contributed by atoms with Gasteiger partial charge in [0, 0.05) is 10.0 Å². The van der Waals surface area contributed by atoms with Crippen molar-refractivity contribution in [3.05, 3.63) is 95.4 Å². The van der Waals surface area contributed by atoms with Gasteiger partial charge in [0.15, 0.2) is 0 Å². The second-order valence-electron chi connectivity index (χ2n) is 6.96. The van der Waals surface area contributed by atoms with Gasteiger partial charge in [-0.05, 0) is 42.5 Å². The number of rotatable bonds is 5. The van der Waals surface area contributed by atoms with Gasteiger partial charge in [0.1, 0.15) is 32.5 Å². The summed E-state index contributed by atoms with van der Waals surface area (Å²) >= 11 is 36.9. The van der Waals surface area contributed by atoms with E-state index >= 15 is 0 Å². The van der Waals surface area contributed by atoms with E-state index in [0.29, 0.717) is 0 Å². The van der Waals surface area contributed by atoms with Crippen LogP contribution in [0.25, 0.3) is 5.69 Å². The van der Waals surface area contributed by atoms with E-state index in [2.05, 4.69) is 4.98 Å². The highest BCUT2D eigenvalue weighted by Crippen LogP contribution is 2.40. The highest BCUT2D eigenvalue weighted by atomic mass is 35.5. The number of H-pyrrole nitrogens is 1. The second-order valence-corrected chi connectivity index (χ2v) is 9.36. The molecule has 0 fully saturated rings. The fraction of sp³-hybridized carbons (Fsp3) is 0. The number of phenols is 2. The standard InChI is InChI=1S/C22H10Cl6N2O4/c23-8-1-3-10(14(31)5-8)19(33)13-7-12(25)22(28)30(13)18-16(26)21(27)29-17(18)20(34)11-4-2-9(24)6-15(11)32/h1-7,29,31-32H.